The van der Waals surface area contributed by atoms with Gasteiger partial charge in [0.2, 0.25) is 0 Å². The minimum absolute atomic E-state index is 0.0349. The van der Waals surface area contributed by atoms with Gasteiger partial charge in [-0.2, -0.15) is 0 Å². The fraction of sp³-hybridized carbons (Fsp3) is 0.353. The Labute approximate surface area is 120 Å². The number of nitrogens with zero attached hydrogens (tertiary/aromatic N) is 1. The Morgan fingerprint density at radius 3 is 2.47 bits per heavy atom. The molecule has 2 aliphatic rings. The number of hydrogen-bond acceptors (Lipinski definition) is 2. The molecular weight excluding hydrogens is 250 g/mol. The van der Waals surface area contributed by atoms with E-state index < -0.39 is 0 Å². The molecule has 0 radical (unpaired) electrons. The van der Waals surface area contributed by atoms with E-state index in [1.165, 1.54) is 27.8 Å². The Kier molecular flexibility index (Phi) is 2.30. The molecule has 1 aromatic carbocycles. The van der Waals surface area contributed by atoms with Crippen LogP contribution in [0.1, 0.15) is 36.1 Å². The van der Waals surface area contributed by atoms with Crippen molar-refractivity contribution in [3.05, 3.63) is 58.0 Å². The van der Waals surface area contributed by atoms with E-state index in [2.05, 4.69) is 65.6 Å². The number of rotatable bonds is 1. The molecule has 98 valence electrons. The van der Waals surface area contributed by atoms with Crippen molar-refractivity contribution < 1.29 is 0 Å². The standard InChI is InChI=1S/C17H19NS/c1-9-7-10(2)14-13(8-9)15(11(3)19)18-17(6)12(4)16(14,17)5/h7-8,19H,3-4H2,1-2,5-6H3. The van der Waals surface area contributed by atoms with Gasteiger partial charge >= 0.3 is 0 Å². The van der Waals surface area contributed by atoms with E-state index >= 15 is 0 Å². The molecule has 0 saturated heterocycles. The van der Waals surface area contributed by atoms with Crippen molar-refractivity contribution >= 4 is 18.3 Å². The van der Waals surface area contributed by atoms with Gasteiger partial charge < -0.3 is 0 Å². The zero-order valence-electron chi connectivity index (χ0n) is 12.0. The Morgan fingerprint density at radius 1 is 1.26 bits per heavy atom. The number of fused-ring (bicyclic) bond motifs is 3. The van der Waals surface area contributed by atoms with E-state index in [9.17, 15) is 0 Å². The van der Waals surface area contributed by atoms with Crippen molar-refractivity contribution in [3.63, 3.8) is 0 Å². The van der Waals surface area contributed by atoms with Crippen LogP contribution in [0.15, 0.2) is 40.8 Å². The number of hydrogen-bond donors (Lipinski definition) is 1. The molecule has 1 nitrogen and oxygen atoms in total. The van der Waals surface area contributed by atoms with Crippen LogP contribution in [0, 0.1) is 13.8 Å². The normalized spacial score (nSPS) is 31.4. The summed E-state index contributed by atoms with van der Waals surface area (Å²) >= 11 is 4.43. The minimum atomic E-state index is -0.193. The first kappa shape index (κ1) is 12.7. The van der Waals surface area contributed by atoms with Gasteiger partial charge in [-0.25, -0.2) is 0 Å². The van der Waals surface area contributed by atoms with E-state index in [1.54, 1.807) is 0 Å². The predicted octanol–water partition coefficient (Wildman–Crippen LogP) is 4.14. The molecule has 1 aliphatic heterocycles. The van der Waals surface area contributed by atoms with Gasteiger partial charge in [-0.15, -0.1) is 12.6 Å². The van der Waals surface area contributed by atoms with Gasteiger partial charge in [0.05, 0.1) is 11.3 Å². The molecule has 0 aromatic heterocycles. The summed E-state index contributed by atoms with van der Waals surface area (Å²) in [5, 5.41) is 0. The first-order chi connectivity index (χ1) is 8.73. The molecule has 19 heavy (non-hydrogen) atoms. The number of allylic oxidation sites excluding steroid dienone is 1. The molecule has 1 fully saturated rings. The second-order valence-electron chi connectivity index (χ2n) is 6.09. The van der Waals surface area contributed by atoms with Gasteiger partial charge in [0.15, 0.2) is 0 Å². The average Bonchev–Trinajstić information content (AvgIpc) is 2.73. The minimum Gasteiger partial charge on any atom is -0.272 e. The number of aryl methyl sites for hydroxylation is 2. The van der Waals surface area contributed by atoms with Crippen LogP contribution in [0.3, 0.4) is 0 Å². The topological polar surface area (TPSA) is 12.4 Å². The smallest absolute Gasteiger partial charge is 0.0935 e. The molecule has 0 N–H and O–H groups in total. The lowest BCUT2D eigenvalue weighted by Gasteiger charge is -2.28. The summed E-state index contributed by atoms with van der Waals surface area (Å²) < 4.78 is 0. The maximum atomic E-state index is 4.91. The van der Waals surface area contributed by atoms with E-state index in [1.807, 2.05) is 0 Å². The van der Waals surface area contributed by atoms with Crippen molar-refractivity contribution in [3.8, 4) is 0 Å². The van der Waals surface area contributed by atoms with E-state index in [4.69, 9.17) is 4.99 Å². The fourth-order valence-electron chi connectivity index (χ4n) is 3.66. The molecule has 3 rings (SSSR count). The van der Waals surface area contributed by atoms with Crippen LogP contribution >= 0.6 is 12.6 Å². The highest BCUT2D eigenvalue weighted by molar-refractivity contribution is 7.85. The van der Waals surface area contributed by atoms with Gasteiger partial charge in [-0.05, 0) is 50.5 Å². The van der Waals surface area contributed by atoms with Crippen LogP contribution in [0.25, 0.3) is 0 Å². The third-order valence-corrected chi connectivity index (χ3v) is 5.16. The lowest BCUT2D eigenvalue weighted by molar-refractivity contribution is 0.601. The summed E-state index contributed by atoms with van der Waals surface area (Å²) in [4.78, 5) is 5.64. The lowest BCUT2D eigenvalue weighted by Crippen LogP contribution is -2.27. The van der Waals surface area contributed by atoms with E-state index in [0.717, 1.165) is 10.6 Å². The van der Waals surface area contributed by atoms with Crippen LogP contribution in [-0.4, -0.2) is 11.3 Å². The largest absolute Gasteiger partial charge is 0.272 e. The maximum Gasteiger partial charge on any atom is 0.0935 e. The summed E-state index contributed by atoms with van der Waals surface area (Å²) in [5.41, 5.74) is 6.97. The molecule has 0 spiro atoms. The van der Waals surface area contributed by atoms with Gasteiger partial charge in [-0.3, -0.25) is 4.99 Å². The van der Waals surface area contributed by atoms with Gasteiger partial charge in [0.25, 0.3) is 0 Å². The highest BCUT2D eigenvalue weighted by Crippen LogP contribution is 2.67. The number of aliphatic imine (C=N–C) groups is 1. The van der Waals surface area contributed by atoms with Gasteiger partial charge in [-0.1, -0.05) is 24.8 Å². The molecule has 2 atom stereocenters. The molecule has 2 unspecified atom stereocenters. The van der Waals surface area contributed by atoms with E-state index in [0.29, 0.717) is 0 Å². The first-order valence-corrected chi connectivity index (χ1v) is 6.98. The summed E-state index contributed by atoms with van der Waals surface area (Å²) in [7, 11) is 0. The summed E-state index contributed by atoms with van der Waals surface area (Å²) in [6.45, 7) is 16.9. The number of benzene rings is 1. The molecule has 2 heteroatoms. The Bertz CT molecular complexity index is 683. The highest BCUT2D eigenvalue weighted by atomic mass is 32.1. The third kappa shape index (κ3) is 1.30. The van der Waals surface area contributed by atoms with Crippen LogP contribution in [-0.2, 0) is 5.41 Å². The van der Waals surface area contributed by atoms with Crippen molar-refractivity contribution in [2.75, 3.05) is 0 Å². The molecule has 1 aliphatic carbocycles. The summed E-state index contributed by atoms with van der Waals surface area (Å²) in [6.07, 6.45) is 0. The Balaban J connectivity index is 2.41. The van der Waals surface area contributed by atoms with Crippen molar-refractivity contribution in [1.29, 1.82) is 0 Å². The zero-order valence-corrected chi connectivity index (χ0v) is 12.9. The molecule has 0 bridgehead atoms. The second-order valence-corrected chi connectivity index (χ2v) is 6.63. The third-order valence-electron chi connectivity index (χ3n) is 4.95. The second kappa shape index (κ2) is 3.43. The quantitative estimate of drug-likeness (QED) is 0.581. The SMILES string of the molecule is C=C(S)C1=NC2(C)C(=C)C2(C)c2c(C)cc(C)cc21. The van der Waals surface area contributed by atoms with Gasteiger partial charge in [0, 0.05) is 15.9 Å². The average molecular weight is 269 g/mol. The van der Waals surface area contributed by atoms with Crippen LogP contribution in [0.2, 0.25) is 0 Å². The van der Waals surface area contributed by atoms with Crippen LogP contribution in [0.5, 0.6) is 0 Å². The Morgan fingerprint density at radius 2 is 1.89 bits per heavy atom. The summed E-state index contributed by atoms with van der Waals surface area (Å²) in [5.74, 6) is 0. The lowest BCUT2D eigenvalue weighted by atomic mass is 9.81. The van der Waals surface area contributed by atoms with Crippen LogP contribution in [0.4, 0.5) is 0 Å². The molecule has 1 saturated carbocycles. The summed E-state index contributed by atoms with van der Waals surface area (Å²) in [6, 6.07) is 4.43. The predicted molar refractivity (Wildman–Crippen MR) is 85.5 cm³/mol. The fourth-order valence-corrected chi connectivity index (χ4v) is 3.83. The molecule has 1 heterocycles. The van der Waals surface area contributed by atoms with E-state index in [-0.39, 0.29) is 11.0 Å². The maximum absolute atomic E-state index is 4.91. The van der Waals surface area contributed by atoms with Crippen molar-refractivity contribution in [2.45, 2.75) is 38.6 Å². The van der Waals surface area contributed by atoms with Crippen LogP contribution < -0.4 is 0 Å². The number of thiol groups is 1. The Hall–Kier alpha value is -1.28. The monoisotopic (exact) mass is 269 g/mol. The van der Waals surface area contributed by atoms with Crippen molar-refractivity contribution in [1.82, 2.24) is 0 Å². The molecule has 0 amide bonds. The highest BCUT2D eigenvalue weighted by Gasteiger charge is 2.69. The van der Waals surface area contributed by atoms with Gasteiger partial charge in [0.1, 0.15) is 0 Å². The molecule has 1 aromatic rings. The first-order valence-electron chi connectivity index (χ1n) is 6.53. The molecular formula is C17H19NS. The zero-order chi connectivity index (χ0) is 14.2. The van der Waals surface area contributed by atoms with Crippen molar-refractivity contribution in [2.24, 2.45) is 4.99 Å².